The molecule has 0 bridgehead atoms. The first-order valence-corrected chi connectivity index (χ1v) is 25.0. The molecule has 0 aliphatic carbocycles. The van der Waals surface area contributed by atoms with Crippen LogP contribution in [0.2, 0.25) is 0 Å². The molecule has 0 aromatic heterocycles. The minimum atomic E-state index is -0.813. The minimum Gasteiger partial charge on any atom is -0.462 e. The van der Waals surface area contributed by atoms with E-state index in [0.29, 0.717) is 19.3 Å². The smallest absolute Gasteiger partial charge is 0.306 e. The van der Waals surface area contributed by atoms with Crippen molar-refractivity contribution in [1.29, 1.82) is 0 Å². The molecule has 3 atom stereocenters. The lowest BCUT2D eigenvalue weighted by molar-refractivity contribution is -0.150. The summed E-state index contributed by atoms with van der Waals surface area (Å²) >= 11 is 0. The third kappa shape index (κ3) is 43.2. The van der Waals surface area contributed by atoms with E-state index in [1.54, 1.807) is 0 Å². The molecular weight excluding hydrogens is 755 g/mol. The van der Waals surface area contributed by atoms with Crippen LogP contribution in [0.3, 0.4) is 0 Å². The second-order valence-electron chi connectivity index (χ2n) is 16.5. The molecule has 6 heteroatoms. The molecule has 3 unspecified atom stereocenters. The topological polar surface area (TPSA) is 95.9 Å². The molecule has 0 saturated heterocycles. The van der Waals surface area contributed by atoms with Crippen molar-refractivity contribution < 1.29 is 24.5 Å². The number of aliphatic hydroxyl groups excluding tert-OH is 2. The highest BCUT2D eigenvalue weighted by atomic mass is 16.5. The maximum Gasteiger partial charge on any atom is 0.306 e. The number of nitrogens with one attached hydrogen (secondary N) is 1. The number of amides is 1. The summed E-state index contributed by atoms with van der Waals surface area (Å²) in [5.74, 6) is -0.615. The number of carbonyl (C=O) groups excluding carboxylic acids is 2. The number of hydrogen-bond acceptors (Lipinski definition) is 5. The fourth-order valence-electron chi connectivity index (χ4n) is 6.95. The van der Waals surface area contributed by atoms with Crippen LogP contribution in [-0.2, 0) is 14.3 Å². The summed E-state index contributed by atoms with van der Waals surface area (Å²) in [6.07, 6.45) is 63.3. The fourth-order valence-corrected chi connectivity index (χ4v) is 6.95. The summed E-state index contributed by atoms with van der Waals surface area (Å²) in [5, 5.41) is 23.7. The van der Waals surface area contributed by atoms with E-state index in [0.717, 1.165) is 83.5 Å². The molecule has 3 N–H and O–H groups in total. The van der Waals surface area contributed by atoms with E-state index in [1.165, 1.54) is 77.0 Å². The second-order valence-corrected chi connectivity index (χ2v) is 16.5. The predicted molar refractivity (Wildman–Crippen MR) is 264 cm³/mol. The molecule has 0 heterocycles. The Bertz CT molecular complexity index is 1220. The molecule has 1 amide bonds. The summed E-state index contributed by atoms with van der Waals surface area (Å²) in [5.41, 5.74) is 0. The SMILES string of the molecule is CC/C=C/C/C=C/C/C=C/C/C=C/C/C=C/CCC(=O)OC(CCCCC/C=C/C=C/C=C/CCCCCCC)CC(=O)NC(CO)C(O)CCCCCCCCCCCC. The number of rotatable bonds is 43. The summed E-state index contributed by atoms with van der Waals surface area (Å²) in [6.45, 7) is 6.30. The van der Waals surface area contributed by atoms with Gasteiger partial charge in [0.1, 0.15) is 6.10 Å². The standard InChI is InChI=1S/C55H93NO5/c1-4-7-10-13-16-19-22-24-26-28-30-32-34-37-40-43-46-51(49-54(59)56-52(50-57)53(58)47-44-41-38-35-21-18-15-12-9-6-3)61-55(60)48-45-42-39-36-33-31-29-27-25-23-20-17-14-11-8-5-2/h8,11,17,20,22,24-28,30-33,39,42,51-53,57-58H,4-7,9-10,12-16,18-19,21,23,29,34-38,40-41,43-50H2,1-3H3,(H,56,59)/b11-8+,20-17+,24-22+,27-25+,28-26+,32-30+,33-31+,42-39+. The first-order valence-electron chi connectivity index (χ1n) is 25.0. The Morgan fingerprint density at radius 1 is 0.508 bits per heavy atom. The highest BCUT2D eigenvalue weighted by Gasteiger charge is 2.24. The predicted octanol–water partition coefficient (Wildman–Crippen LogP) is 14.9. The third-order valence-corrected chi connectivity index (χ3v) is 10.7. The summed E-state index contributed by atoms with van der Waals surface area (Å²) in [4.78, 5) is 26.1. The van der Waals surface area contributed by atoms with Gasteiger partial charge in [0.05, 0.1) is 25.2 Å². The van der Waals surface area contributed by atoms with E-state index in [1.807, 2.05) is 6.08 Å². The van der Waals surface area contributed by atoms with Crippen molar-refractivity contribution in [1.82, 2.24) is 5.32 Å². The van der Waals surface area contributed by atoms with Gasteiger partial charge in [-0.3, -0.25) is 9.59 Å². The van der Waals surface area contributed by atoms with Crippen LogP contribution in [-0.4, -0.2) is 46.9 Å². The van der Waals surface area contributed by atoms with Crippen molar-refractivity contribution >= 4 is 11.9 Å². The van der Waals surface area contributed by atoms with Crippen LogP contribution >= 0.6 is 0 Å². The maximum atomic E-state index is 13.2. The Balaban J connectivity index is 4.81. The van der Waals surface area contributed by atoms with Gasteiger partial charge in [0.2, 0.25) is 5.91 Å². The van der Waals surface area contributed by atoms with Crippen LogP contribution in [0, 0.1) is 0 Å². The van der Waals surface area contributed by atoms with E-state index >= 15 is 0 Å². The molecule has 348 valence electrons. The van der Waals surface area contributed by atoms with Gasteiger partial charge in [0, 0.05) is 6.42 Å². The number of aliphatic hydroxyl groups is 2. The third-order valence-electron chi connectivity index (χ3n) is 10.7. The average Bonchev–Trinajstić information content (AvgIpc) is 3.25. The molecule has 0 fully saturated rings. The molecule has 0 saturated carbocycles. The van der Waals surface area contributed by atoms with Crippen molar-refractivity contribution in [2.75, 3.05) is 6.61 Å². The zero-order valence-corrected chi connectivity index (χ0v) is 39.5. The van der Waals surface area contributed by atoms with Crippen LogP contribution in [0.25, 0.3) is 0 Å². The Labute approximate surface area is 376 Å². The number of carbonyl (C=O) groups is 2. The molecule has 0 spiro atoms. The van der Waals surface area contributed by atoms with Crippen molar-refractivity contribution in [2.24, 2.45) is 0 Å². The molecule has 61 heavy (non-hydrogen) atoms. The lowest BCUT2D eigenvalue weighted by atomic mass is 10.0. The van der Waals surface area contributed by atoms with Crippen LogP contribution < -0.4 is 5.32 Å². The Morgan fingerprint density at radius 2 is 0.951 bits per heavy atom. The molecular formula is C55H93NO5. The molecule has 0 radical (unpaired) electrons. The Kier molecular flexibility index (Phi) is 45.3. The quantitative estimate of drug-likeness (QED) is 0.0246. The molecule has 0 aromatic carbocycles. The van der Waals surface area contributed by atoms with Gasteiger partial charge in [-0.15, -0.1) is 0 Å². The van der Waals surface area contributed by atoms with E-state index < -0.39 is 18.2 Å². The molecule has 0 aliphatic rings. The number of allylic oxidation sites excluding steroid dienone is 16. The van der Waals surface area contributed by atoms with E-state index in [-0.39, 0.29) is 31.3 Å². The molecule has 0 rings (SSSR count). The highest BCUT2D eigenvalue weighted by molar-refractivity contribution is 5.77. The normalized spacial score (nSPS) is 14.1. The van der Waals surface area contributed by atoms with Gasteiger partial charge in [0.25, 0.3) is 0 Å². The van der Waals surface area contributed by atoms with Crippen LogP contribution in [0.15, 0.2) is 97.2 Å². The number of ether oxygens (including phenoxy) is 1. The van der Waals surface area contributed by atoms with Gasteiger partial charge in [-0.1, -0.05) is 214 Å². The highest BCUT2D eigenvalue weighted by Crippen LogP contribution is 2.16. The van der Waals surface area contributed by atoms with Gasteiger partial charge >= 0.3 is 5.97 Å². The zero-order valence-electron chi connectivity index (χ0n) is 39.5. The summed E-state index contributed by atoms with van der Waals surface area (Å²) in [7, 11) is 0. The first-order chi connectivity index (χ1) is 30.0. The van der Waals surface area contributed by atoms with Gasteiger partial charge < -0.3 is 20.3 Å². The lowest BCUT2D eigenvalue weighted by Gasteiger charge is -2.24. The number of esters is 1. The second kappa shape index (κ2) is 47.8. The van der Waals surface area contributed by atoms with Gasteiger partial charge in [-0.25, -0.2) is 0 Å². The lowest BCUT2D eigenvalue weighted by Crippen LogP contribution is -2.46. The number of hydrogen-bond donors (Lipinski definition) is 3. The number of unbranched alkanes of at least 4 members (excludes halogenated alkanes) is 17. The molecule has 0 aliphatic heterocycles. The van der Waals surface area contributed by atoms with E-state index in [2.05, 4.69) is 117 Å². The van der Waals surface area contributed by atoms with Gasteiger partial charge in [0.15, 0.2) is 0 Å². The monoisotopic (exact) mass is 848 g/mol. The summed E-state index contributed by atoms with van der Waals surface area (Å²) in [6, 6.07) is -0.732. The minimum absolute atomic E-state index is 0.0197. The van der Waals surface area contributed by atoms with Crippen molar-refractivity contribution in [3.63, 3.8) is 0 Å². The van der Waals surface area contributed by atoms with E-state index in [4.69, 9.17) is 4.74 Å². The van der Waals surface area contributed by atoms with Crippen LogP contribution in [0.5, 0.6) is 0 Å². The van der Waals surface area contributed by atoms with E-state index in [9.17, 15) is 19.8 Å². The fraction of sp³-hybridized carbons (Fsp3) is 0.673. The first kappa shape index (κ1) is 57.8. The van der Waals surface area contributed by atoms with Gasteiger partial charge in [-0.2, -0.15) is 0 Å². The molecule has 6 nitrogen and oxygen atoms in total. The summed E-state index contributed by atoms with van der Waals surface area (Å²) < 4.78 is 5.87. The van der Waals surface area contributed by atoms with Crippen LogP contribution in [0.4, 0.5) is 0 Å². The zero-order chi connectivity index (χ0) is 44.5. The van der Waals surface area contributed by atoms with Crippen molar-refractivity contribution in [3.8, 4) is 0 Å². The Morgan fingerprint density at radius 3 is 1.46 bits per heavy atom. The van der Waals surface area contributed by atoms with Crippen molar-refractivity contribution in [3.05, 3.63) is 97.2 Å². The largest absolute Gasteiger partial charge is 0.462 e. The van der Waals surface area contributed by atoms with Gasteiger partial charge in [-0.05, 0) is 83.5 Å². The Hall–Kier alpha value is -3.22. The maximum absolute atomic E-state index is 13.2. The van der Waals surface area contributed by atoms with Crippen molar-refractivity contribution in [2.45, 2.75) is 232 Å². The average molecular weight is 848 g/mol. The molecule has 0 aromatic rings. The van der Waals surface area contributed by atoms with Crippen LogP contribution in [0.1, 0.15) is 213 Å².